The lowest BCUT2D eigenvalue weighted by Gasteiger charge is -2.21. The number of fused-ring (bicyclic) bond motifs is 6. The number of benzene rings is 2. The summed E-state index contributed by atoms with van der Waals surface area (Å²) in [5, 5.41) is 6.83. The van der Waals surface area contributed by atoms with Crippen molar-refractivity contribution in [2.45, 2.75) is 53.4 Å². The zero-order chi connectivity index (χ0) is 23.8. The van der Waals surface area contributed by atoms with Crippen LogP contribution in [0.5, 0.6) is 0 Å². The van der Waals surface area contributed by atoms with Crippen LogP contribution in [0.2, 0.25) is 0 Å². The van der Waals surface area contributed by atoms with Gasteiger partial charge in [-0.15, -0.1) is 22.7 Å². The molecule has 0 radical (unpaired) electrons. The highest BCUT2D eigenvalue weighted by molar-refractivity contribution is 7.20. The molecule has 3 nitrogen and oxygen atoms in total. The van der Waals surface area contributed by atoms with E-state index in [0.29, 0.717) is 11.6 Å². The monoisotopic (exact) mass is 484 g/mol. The van der Waals surface area contributed by atoms with Crippen LogP contribution in [0.15, 0.2) is 46.5 Å². The van der Waals surface area contributed by atoms with Crippen molar-refractivity contribution in [2.24, 2.45) is 5.92 Å². The standard InChI is InChI=1S/C29H28N2OS2/c1-15(2)11-22-16(3)19-7-8-20-23-24(30-14-31-28(23)32-25(20)27(19)34-22)18-12-17-9-10-33-26(17)21(13-18)29(4,5)6/h7-10,12-15H,11H2,1-6H3. The predicted octanol–water partition coefficient (Wildman–Crippen LogP) is 9.28. The van der Waals surface area contributed by atoms with E-state index in [1.54, 1.807) is 6.33 Å². The molecule has 4 heterocycles. The summed E-state index contributed by atoms with van der Waals surface area (Å²) in [5.41, 5.74) is 6.42. The third-order valence-corrected chi connectivity index (χ3v) is 8.96. The van der Waals surface area contributed by atoms with Crippen molar-refractivity contribution >= 4 is 64.9 Å². The number of hydrogen-bond acceptors (Lipinski definition) is 5. The third-order valence-electron chi connectivity index (χ3n) is 6.67. The van der Waals surface area contributed by atoms with Gasteiger partial charge in [0.05, 0.1) is 15.8 Å². The molecular formula is C29H28N2OS2. The molecule has 0 aliphatic carbocycles. The summed E-state index contributed by atoms with van der Waals surface area (Å²) < 4.78 is 9.01. The van der Waals surface area contributed by atoms with Crippen LogP contribution in [0.4, 0.5) is 0 Å². The zero-order valence-corrected chi connectivity index (χ0v) is 22.1. The van der Waals surface area contributed by atoms with Crippen LogP contribution >= 0.6 is 22.7 Å². The fraction of sp³-hybridized carbons (Fsp3) is 0.310. The number of aromatic nitrogens is 2. The van der Waals surface area contributed by atoms with Gasteiger partial charge in [-0.1, -0.05) is 40.7 Å². The fourth-order valence-corrected chi connectivity index (χ4v) is 7.56. The van der Waals surface area contributed by atoms with E-state index < -0.39 is 0 Å². The molecule has 4 aromatic heterocycles. The minimum absolute atomic E-state index is 0.0389. The molecule has 0 amide bonds. The van der Waals surface area contributed by atoms with Gasteiger partial charge in [0.15, 0.2) is 5.58 Å². The molecule has 2 aromatic carbocycles. The van der Waals surface area contributed by atoms with Crippen LogP contribution in [0, 0.1) is 12.8 Å². The molecule has 0 spiro atoms. The van der Waals surface area contributed by atoms with E-state index in [-0.39, 0.29) is 5.41 Å². The number of rotatable bonds is 3. The molecule has 0 N–H and O–H groups in total. The second-order valence-corrected chi connectivity index (χ2v) is 12.7. The molecule has 0 saturated carbocycles. The Hall–Kier alpha value is -2.76. The molecule has 5 heteroatoms. The Morgan fingerprint density at radius 2 is 1.79 bits per heavy atom. The molecule has 0 bridgehead atoms. The van der Waals surface area contributed by atoms with Gasteiger partial charge in [-0.25, -0.2) is 9.97 Å². The number of thiophene rings is 2. The molecule has 6 aromatic rings. The van der Waals surface area contributed by atoms with Crippen molar-refractivity contribution in [1.29, 1.82) is 0 Å². The van der Waals surface area contributed by atoms with E-state index >= 15 is 0 Å². The Morgan fingerprint density at radius 3 is 2.56 bits per heavy atom. The Bertz CT molecular complexity index is 1710. The quantitative estimate of drug-likeness (QED) is 0.251. The Morgan fingerprint density at radius 1 is 1.00 bits per heavy atom. The third kappa shape index (κ3) is 3.29. The fourth-order valence-electron chi connectivity index (χ4n) is 4.95. The first-order valence-corrected chi connectivity index (χ1v) is 13.5. The maximum atomic E-state index is 6.43. The van der Waals surface area contributed by atoms with Crippen molar-refractivity contribution in [3.05, 3.63) is 58.0 Å². The molecule has 172 valence electrons. The van der Waals surface area contributed by atoms with E-state index in [0.717, 1.165) is 34.0 Å². The molecule has 0 aliphatic rings. The van der Waals surface area contributed by atoms with Crippen molar-refractivity contribution in [2.75, 3.05) is 0 Å². The lowest BCUT2D eigenvalue weighted by atomic mass is 9.85. The van der Waals surface area contributed by atoms with Gasteiger partial charge in [0.1, 0.15) is 6.33 Å². The number of aryl methyl sites for hydroxylation is 1. The van der Waals surface area contributed by atoms with Gasteiger partial charge in [-0.3, -0.25) is 0 Å². The molecule has 34 heavy (non-hydrogen) atoms. The summed E-state index contributed by atoms with van der Waals surface area (Å²) >= 11 is 3.68. The van der Waals surface area contributed by atoms with Crippen molar-refractivity contribution in [1.82, 2.24) is 9.97 Å². The van der Waals surface area contributed by atoms with Crippen LogP contribution in [0.1, 0.15) is 50.6 Å². The first kappa shape index (κ1) is 21.8. The van der Waals surface area contributed by atoms with Gasteiger partial charge in [-0.2, -0.15) is 0 Å². The first-order chi connectivity index (χ1) is 16.2. The summed E-state index contributed by atoms with van der Waals surface area (Å²) in [5.74, 6) is 0.624. The number of hydrogen-bond donors (Lipinski definition) is 0. The molecule has 0 unspecified atom stereocenters. The first-order valence-electron chi connectivity index (χ1n) is 11.8. The maximum absolute atomic E-state index is 6.43. The van der Waals surface area contributed by atoms with E-state index in [9.17, 15) is 0 Å². The number of nitrogens with zero attached hydrogens (tertiary/aromatic N) is 2. The van der Waals surface area contributed by atoms with Gasteiger partial charge < -0.3 is 4.42 Å². The highest BCUT2D eigenvalue weighted by atomic mass is 32.1. The van der Waals surface area contributed by atoms with Crippen LogP contribution in [0.25, 0.3) is 53.5 Å². The van der Waals surface area contributed by atoms with Crippen molar-refractivity contribution in [3.8, 4) is 11.3 Å². The summed E-state index contributed by atoms with van der Waals surface area (Å²) in [6.45, 7) is 13.6. The SMILES string of the molecule is Cc1c(CC(C)C)sc2c1ccc1c2oc2ncnc(-c3cc(C(C)(C)C)c4sccc4c3)c21. The van der Waals surface area contributed by atoms with E-state index in [1.807, 2.05) is 22.7 Å². The lowest BCUT2D eigenvalue weighted by molar-refractivity contribution is 0.597. The molecule has 0 saturated heterocycles. The molecule has 0 fully saturated rings. The second-order valence-electron chi connectivity index (χ2n) is 10.7. The Kier molecular flexibility index (Phi) is 4.88. The van der Waals surface area contributed by atoms with E-state index in [1.165, 1.54) is 36.2 Å². The van der Waals surface area contributed by atoms with E-state index in [2.05, 4.69) is 82.2 Å². The van der Waals surface area contributed by atoms with Crippen LogP contribution in [-0.4, -0.2) is 9.97 Å². The average molecular weight is 485 g/mol. The van der Waals surface area contributed by atoms with E-state index in [4.69, 9.17) is 9.40 Å². The predicted molar refractivity (Wildman–Crippen MR) is 147 cm³/mol. The van der Waals surface area contributed by atoms with Crippen LogP contribution in [0.3, 0.4) is 0 Å². The normalized spacial score (nSPS) is 12.8. The van der Waals surface area contributed by atoms with Crippen molar-refractivity contribution in [3.63, 3.8) is 0 Å². The second kappa shape index (κ2) is 7.62. The van der Waals surface area contributed by atoms with Gasteiger partial charge in [-0.05, 0) is 76.2 Å². The molecular weight excluding hydrogens is 456 g/mol. The highest BCUT2D eigenvalue weighted by Gasteiger charge is 2.23. The summed E-state index contributed by atoms with van der Waals surface area (Å²) in [6.07, 6.45) is 2.73. The maximum Gasteiger partial charge on any atom is 0.231 e. The molecule has 0 atom stereocenters. The molecule has 0 aliphatic heterocycles. The Balaban J connectivity index is 1.65. The minimum Gasteiger partial charge on any atom is -0.436 e. The van der Waals surface area contributed by atoms with Gasteiger partial charge >= 0.3 is 0 Å². The average Bonchev–Trinajstić information content (AvgIpc) is 3.47. The van der Waals surface area contributed by atoms with Crippen LogP contribution < -0.4 is 0 Å². The van der Waals surface area contributed by atoms with Gasteiger partial charge in [0.25, 0.3) is 0 Å². The summed E-state index contributed by atoms with van der Waals surface area (Å²) in [4.78, 5) is 10.8. The van der Waals surface area contributed by atoms with Crippen molar-refractivity contribution < 1.29 is 4.42 Å². The van der Waals surface area contributed by atoms with Crippen LogP contribution in [-0.2, 0) is 11.8 Å². The number of furan rings is 1. The summed E-state index contributed by atoms with van der Waals surface area (Å²) in [6, 6.07) is 11.2. The molecule has 6 rings (SSSR count). The largest absolute Gasteiger partial charge is 0.436 e. The highest BCUT2D eigenvalue weighted by Crippen LogP contribution is 2.44. The lowest BCUT2D eigenvalue weighted by Crippen LogP contribution is -2.11. The smallest absolute Gasteiger partial charge is 0.231 e. The van der Waals surface area contributed by atoms with Gasteiger partial charge in [0, 0.05) is 20.5 Å². The van der Waals surface area contributed by atoms with Gasteiger partial charge in [0.2, 0.25) is 5.71 Å². The summed E-state index contributed by atoms with van der Waals surface area (Å²) in [7, 11) is 0. The zero-order valence-electron chi connectivity index (χ0n) is 20.4. The topological polar surface area (TPSA) is 38.9 Å². The Labute approximate surface area is 207 Å². The minimum atomic E-state index is 0.0389.